The largest absolute Gasteiger partial charge is 0.444 e. The molecule has 1 rings (SSSR count). The smallest absolute Gasteiger partial charge is 0.408 e. The lowest BCUT2D eigenvalue weighted by molar-refractivity contribution is -0.119. The highest BCUT2D eigenvalue weighted by atomic mass is 16.6. The maximum Gasteiger partial charge on any atom is 0.408 e. The summed E-state index contributed by atoms with van der Waals surface area (Å²) < 4.78 is 5.23. The van der Waals surface area contributed by atoms with Crippen LogP contribution in [0.25, 0.3) is 0 Å². The van der Waals surface area contributed by atoms with Crippen molar-refractivity contribution in [1.29, 1.82) is 0 Å². The average molecular weight is 320 g/mol. The van der Waals surface area contributed by atoms with E-state index >= 15 is 0 Å². The number of nitrogens with one attached hydrogen (secondary N) is 2. The van der Waals surface area contributed by atoms with Crippen molar-refractivity contribution in [3.63, 3.8) is 0 Å². The Labute approximate surface area is 138 Å². The molecule has 0 heterocycles. The molecule has 1 unspecified atom stereocenters. The van der Waals surface area contributed by atoms with Crippen LogP contribution in [0.5, 0.6) is 0 Å². The molecule has 0 radical (unpaired) electrons. The monoisotopic (exact) mass is 320 g/mol. The number of benzene rings is 1. The number of anilines is 1. The number of hydrogen-bond donors (Lipinski definition) is 2. The van der Waals surface area contributed by atoms with Gasteiger partial charge in [0.15, 0.2) is 0 Å². The minimum absolute atomic E-state index is 0.0590. The Kier molecular flexibility index (Phi) is 6.61. The molecule has 0 saturated carbocycles. The molecule has 5 heteroatoms. The molecule has 1 aromatic carbocycles. The summed E-state index contributed by atoms with van der Waals surface area (Å²) in [4.78, 5) is 24.5. The summed E-state index contributed by atoms with van der Waals surface area (Å²) in [6.45, 7) is 11.2. The highest BCUT2D eigenvalue weighted by Gasteiger charge is 2.27. The summed E-state index contributed by atoms with van der Waals surface area (Å²) in [7, 11) is 0. The van der Waals surface area contributed by atoms with E-state index in [0.717, 1.165) is 17.7 Å². The average Bonchev–Trinajstić information content (AvgIpc) is 2.43. The third-order valence-electron chi connectivity index (χ3n) is 3.28. The van der Waals surface area contributed by atoms with Gasteiger partial charge in [-0.3, -0.25) is 4.79 Å². The maximum absolute atomic E-state index is 12.5. The van der Waals surface area contributed by atoms with Crippen molar-refractivity contribution < 1.29 is 14.3 Å². The molecule has 0 aliphatic heterocycles. The number of amides is 2. The van der Waals surface area contributed by atoms with Crippen molar-refractivity contribution in [2.45, 2.75) is 59.6 Å². The molecule has 0 spiro atoms. The van der Waals surface area contributed by atoms with Gasteiger partial charge >= 0.3 is 6.09 Å². The maximum atomic E-state index is 12.5. The molecular formula is C18H28N2O3. The van der Waals surface area contributed by atoms with Crippen LogP contribution in [-0.2, 0) is 16.0 Å². The Bertz CT molecular complexity index is 547. The molecule has 0 aliphatic carbocycles. The van der Waals surface area contributed by atoms with Crippen molar-refractivity contribution in [2.75, 3.05) is 5.32 Å². The number of carbonyl (C=O) groups is 2. The number of para-hydroxylation sites is 1. The van der Waals surface area contributed by atoms with Crippen LogP contribution in [0, 0.1) is 5.92 Å². The van der Waals surface area contributed by atoms with E-state index in [1.165, 1.54) is 0 Å². The van der Waals surface area contributed by atoms with Crippen LogP contribution in [0.1, 0.15) is 47.1 Å². The van der Waals surface area contributed by atoms with Crippen LogP contribution in [0.15, 0.2) is 24.3 Å². The quantitative estimate of drug-likeness (QED) is 0.868. The lowest BCUT2D eigenvalue weighted by Gasteiger charge is -2.25. The molecule has 5 nitrogen and oxygen atoms in total. The Morgan fingerprint density at radius 2 is 1.78 bits per heavy atom. The lowest BCUT2D eigenvalue weighted by atomic mass is 10.0. The van der Waals surface area contributed by atoms with Gasteiger partial charge in [0.25, 0.3) is 0 Å². The second kappa shape index (κ2) is 7.99. The first-order valence-electron chi connectivity index (χ1n) is 8.02. The van der Waals surface area contributed by atoms with E-state index in [-0.39, 0.29) is 11.8 Å². The number of rotatable bonds is 5. The van der Waals surface area contributed by atoms with Crippen molar-refractivity contribution in [3.05, 3.63) is 29.8 Å². The fourth-order valence-corrected chi connectivity index (χ4v) is 2.13. The van der Waals surface area contributed by atoms with Gasteiger partial charge in [-0.25, -0.2) is 4.79 Å². The van der Waals surface area contributed by atoms with Crippen LogP contribution >= 0.6 is 0 Å². The van der Waals surface area contributed by atoms with E-state index < -0.39 is 17.7 Å². The van der Waals surface area contributed by atoms with Gasteiger partial charge in [-0.05, 0) is 44.7 Å². The first kappa shape index (κ1) is 19.0. The number of carbonyl (C=O) groups excluding carboxylic acids is 2. The van der Waals surface area contributed by atoms with Gasteiger partial charge in [0.05, 0.1) is 0 Å². The number of alkyl carbamates (subject to hydrolysis) is 1. The highest BCUT2D eigenvalue weighted by Crippen LogP contribution is 2.17. The molecule has 1 aromatic rings. The van der Waals surface area contributed by atoms with Gasteiger partial charge in [-0.1, -0.05) is 39.0 Å². The molecule has 0 aliphatic rings. The molecule has 0 saturated heterocycles. The Hall–Kier alpha value is -2.04. The van der Waals surface area contributed by atoms with E-state index in [4.69, 9.17) is 4.74 Å². The highest BCUT2D eigenvalue weighted by molar-refractivity contribution is 5.97. The molecule has 128 valence electrons. The fourth-order valence-electron chi connectivity index (χ4n) is 2.13. The van der Waals surface area contributed by atoms with Crippen molar-refractivity contribution in [3.8, 4) is 0 Å². The van der Waals surface area contributed by atoms with Gasteiger partial charge < -0.3 is 15.4 Å². The SMILES string of the molecule is CCc1ccccc1NC(=O)C(NC(=O)OC(C)(C)C)C(C)C. The molecule has 0 aromatic heterocycles. The number of hydrogen-bond acceptors (Lipinski definition) is 3. The fraction of sp³-hybridized carbons (Fsp3) is 0.556. The number of ether oxygens (including phenoxy) is 1. The standard InChI is InChI=1S/C18H28N2O3/c1-7-13-10-8-9-11-14(13)19-16(21)15(12(2)3)20-17(22)23-18(4,5)6/h8-12,15H,7H2,1-6H3,(H,19,21)(H,20,22). The van der Waals surface area contributed by atoms with Crippen LogP contribution in [0.2, 0.25) is 0 Å². The van der Waals surface area contributed by atoms with E-state index in [1.807, 2.05) is 45.0 Å². The summed E-state index contributed by atoms with van der Waals surface area (Å²) in [5.41, 5.74) is 1.23. The summed E-state index contributed by atoms with van der Waals surface area (Å²) in [6.07, 6.45) is 0.234. The topological polar surface area (TPSA) is 67.4 Å². The molecule has 2 amide bonds. The van der Waals surface area contributed by atoms with E-state index in [0.29, 0.717) is 0 Å². The zero-order valence-electron chi connectivity index (χ0n) is 14.9. The molecule has 0 bridgehead atoms. The Morgan fingerprint density at radius 3 is 2.30 bits per heavy atom. The summed E-state index contributed by atoms with van der Waals surface area (Å²) >= 11 is 0. The lowest BCUT2D eigenvalue weighted by Crippen LogP contribution is -2.48. The van der Waals surface area contributed by atoms with Crippen molar-refractivity contribution in [1.82, 2.24) is 5.32 Å². The predicted octanol–water partition coefficient (Wildman–Crippen LogP) is 3.74. The zero-order valence-corrected chi connectivity index (χ0v) is 14.9. The normalized spacial score (nSPS) is 12.7. The van der Waals surface area contributed by atoms with Crippen molar-refractivity contribution in [2.24, 2.45) is 5.92 Å². The minimum atomic E-state index is -0.658. The van der Waals surface area contributed by atoms with Gasteiger partial charge in [0.2, 0.25) is 5.91 Å². The van der Waals surface area contributed by atoms with E-state index in [1.54, 1.807) is 20.8 Å². The summed E-state index contributed by atoms with van der Waals surface area (Å²) in [5, 5.41) is 5.56. The zero-order chi connectivity index (χ0) is 17.6. The second-order valence-electron chi connectivity index (χ2n) is 6.87. The Balaban J connectivity index is 2.81. The van der Waals surface area contributed by atoms with Crippen molar-refractivity contribution >= 4 is 17.7 Å². The van der Waals surface area contributed by atoms with Gasteiger partial charge in [-0.2, -0.15) is 0 Å². The molecule has 2 N–H and O–H groups in total. The number of aryl methyl sites for hydroxylation is 1. The first-order valence-corrected chi connectivity index (χ1v) is 8.02. The van der Waals surface area contributed by atoms with Crippen LogP contribution in [-0.4, -0.2) is 23.6 Å². The van der Waals surface area contributed by atoms with Gasteiger partial charge in [0.1, 0.15) is 11.6 Å². The molecule has 1 atom stereocenters. The van der Waals surface area contributed by atoms with Crippen LogP contribution in [0.4, 0.5) is 10.5 Å². The van der Waals surface area contributed by atoms with E-state index in [9.17, 15) is 9.59 Å². The summed E-state index contributed by atoms with van der Waals surface area (Å²) in [6, 6.07) is 6.99. The third kappa shape index (κ3) is 6.30. The minimum Gasteiger partial charge on any atom is -0.444 e. The Morgan fingerprint density at radius 1 is 1.17 bits per heavy atom. The molecule has 0 fully saturated rings. The van der Waals surface area contributed by atoms with Gasteiger partial charge in [-0.15, -0.1) is 0 Å². The van der Waals surface area contributed by atoms with Crippen LogP contribution in [0.3, 0.4) is 0 Å². The molecular weight excluding hydrogens is 292 g/mol. The van der Waals surface area contributed by atoms with Gasteiger partial charge in [0, 0.05) is 5.69 Å². The second-order valence-corrected chi connectivity index (χ2v) is 6.87. The van der Waals surface area contributed by atoms with E-state index in [2.05, 4.69) is 10.6 Å². The molecule has 23 heavy (non-hydrogen) atoms. The predicted molar refractivity (Wildman–Crippen MR) is 92.4 cm³/mol. The third-order valence-corrected chi connectivity index (χ3v) is 3.28. The first-order chi connectivity index (χ1) is 10.6. The summed E-state index contributed by atoms with van der Waals surface area (Å²) in [5.74, 6) is -0.303. The van der Waals surface area contributed by atoms with Crippen LogP contribution < -0.4 is 10.6 Å².